The number of amides is 1. The summed E-state index contributed by atoms with van der Waals surface area (Å²) in [5, 5.41) is 18.2. The molecule has 1 heterocycles. The molecule has 0 bridgehead atoms. The average Bonchev–Trinajstić information content (AvgIpc) is 3.25. The number of nitro groups is 1. The van der Waals surface area contributed by atoms with Gasteiger partial charge in [0, 0.05) is 11.0 Å². The zero-order valence-electron chi connectivity index (χ0n) is 13.0. The fraction of sp³-hybridized carbons (Fsp3) is 0.333. The van der Waals surface area contributed by atoms with Gasteiger partial charge in [-0.25, -0.2) is 5.43 Å². The smallest absolute Gasteiger partial charge is 0.390 e. The van der Waals surface area contributed by atoms with Crippen molar-refractivity contribution >= 4 is 17.6 Å². The molecule has 0 spiro atoms. The molecule has 9 nitrogen and oxygen atoms in total. The first-order valence-electron chi connectivity index (χ1n) is 7.46. The normalized spacial score (nSPS) is 19.8. The zero-order valence-corrected chi connectivity index (χ0v) is 13.0. The number of carbonyl (C=O) groups excluding carboxylic acids is 1. The second kappa shape index (κ2) is 6.57. The van der Waals surface area contributed by atoms with Crippen molar-refractivity contribution in [2.75, 3.05) is 0 Å². The number of nitrogens with zero attached hydrogens (tertiary/aromatic N) is 5. The molecular formula is C15H16N6O3. The molecule has 1 aromatic heterocycles. The molecule has 1 N–H and O–H groups in total. The fourth-order valence-electron chi connectivity index (χ4n) is 2.50. The van der Waals surface area contributed by atoms with Gasteiger partial charge in [0.05, 0.1) is 12.3 Å². The lowest BCUT2D eigenvalue weighted by atomic mass is 10.1. The third-order valence-electron chi connectivity index (χ3n) is 3.79. The van der Waals surface area contributed by atoms with Crippen LogP contribution in [0.1, 0.15) is 24.8 Å². The zero-order chi connectivity index (χ0) is 17.1. The van der Waals surface area contributed by atoms with Crippen LogP contribution in [0.3, 0.4) is 0 Å². The van der Waals surface area contributed by atoms with E-state index in [0.29, 0.717) is 5.71 Å². The molecule has 1 saturated carbocycles. The van der Waals surface area contributed by atoms with Crippen LogP contribution >= 0.6 is 0 Å². The summed E-state index contributed by atoms with van der Waals surface area (Å²) < 4.78 is 1.30. The van der Waals surface area contributed by atoms with E-state index < -0.39 is 10.9 Å². The highest BCUT2D eigenvalue weighted by atomic mass is 16.6. The Morgan fingerprint density at radius 1 is 1.46 bits per heavy atom. The molecule has 1 aliphatic rings. The molecule has 24 heavy (non-hydrogen) atoms. The van der Waals surface area contributed by atoms with Crippen molar-refractivity contribution in [1.82, 2.24) is 20.2 Å². The van der Waals surface area contributed by atoms with Gasteiger partial charge in [0.15, 0.2) is 0 Å². The van der Waals surface area contributed by atoms with Gasteiger partial charge in [-0.3, -0.25) is 4.79 Å². The van der Waals surface area contributed by atoms with Crippen LogP contribution in [0.2, 0.25) is 0 Å². The van der Waals surface area contributed by atoms with Crippen LogP contribution in [0.4, 0.5) is 5.95 Å². The summed E-state index contributed by atoms with van der Waals surface area (Å²) in [6.45, 7) is 1.92. The largest absolute Gasteiger partial charge is 0.490 e. The van der Waals surface area contributed by atoms with Gasteiger partial charge in [-0.2, -0.15) is 9.78 Å². The predicted octanol–water partition coefficient (Wildman–Crippen LogP) is 1.48. The number of rotatable bonds is 6. The predicted molar refractivity (Wildman–Crippen MR) is 85.2 cm³/mol. The van der Waals surface area contributed by atoms with Crippen LogP contribution in [0.15, 0.2) is 41.8 Å². The van der Waals surface area contributed by atoms with Gasteiger partial charge in [-0.05, 0) is 29.7 Å². The molecule has 124 valence electrons. The Hall–Kier alpha value is -3.10. The van der Waals surface area contributed by atoms with Crippen molar-refractivity contribution in [2.45, 2.75) is 25.8 Å². The van der Waals surface area contributed by atoms with Crippen molar-refractivity contribution in [2.24, 2.45) is 11.0 Å². The second-order valence-electron chi connectivity index (χ2n) is 5.68. The van der Waals surface area contributed by atoms with Crippen molar-refractivity contribution in [3.63, 3.8) is 0 Å². The van der Waals surface area contributed by atoms with E-state index in [0.717, 1.165) is 12.0 Å². The molecule has 0 saturated heterocycles. The van der Waals surface area contributed by atoms with Crippen LogP contribution in [0.25, 0.3) is 0 Å². The molecule has 9 heteroatoms. The Balaban J connectivity index is 1.52. The Morgan fingerprint density at radius 3 is 2.88 bits per heavy atom. The molecular weight excluding hydrogens is 312 g/mol. The molecule has 1 fully saturated rings. The fourth-order valence-corrected chi connectivity index (χ4v) is 2.50. The van der Waals surface area contributed by atoms with Crippen LogP contribution in [-0.4, -0.2) is 31.3 Å². The van der Waals surface area contributed by atoms with Gasteiger partial charge in [0.2, 0.25) is 12.2 Å². The van der Waals surface area contributed by atoms with E-state index in [1.807, 2.05) is 30.3 Å². The highest BCUT2D eigenvalue weighted by molar-refractivity contribution is 5.86. The van der Waals surface area contributed by atoms with Gasteiger partial charge < -0.3 is 10.1 Å². The molecule has 0 radical (unpaired) electrons. The highest BCUT2D eigenvalue weighted by Crippen LogP contribution is 2.47. The number of carbonyl (C=O) groups is 1. The lowest BCUT2D eigenvalue weighted by molar-refractivity contribution is -0.394. The first-order chi connectivity index (χ1) is 11.5. The number of hydrogen-bond acceptors (Lipinski definition) is 6. The van der Waals surface area contributed by atoms with E-state index in [4.69, 9.17) is 0 Å². The van der Waals surface area contributed by atoms with Crippen molar-refractivity contribution in [3.05, 3.63) is 52.3 Å². The maximum Gasteiger partial charge on any atom is 0.490 e. The van der Waals surface area contributed by atoms with Gasteiger partial charge in [0.1, 0.15) is 0 Å². The Morgan fingerprint density at radius 2 is 2.21 bits per heavy atom. The molecule has 0 aliphatic heterocycles. The Kier molecular flexibility index (Phi) is 4.32. The molecule has 3 rings (SSSR count). The minimum atomic E-state index is -0.665. The third-order valence-corrected chi connectivity index (χ3v) is 3.79. The number of aromatic nitrogens is 3. The minimum absolute atomic E-state index is 0.0589. The summed E-state index contributed by atoms with van der Waals surface area (Å²) in [6, 6.07) is 9.90. The first kappa shape index (κ1) is 15.8. The highest BCUT2D eigenvalue weighted by Gasteiger charge is 2.43. The number of hydrazone groups is 1. The lowest BCUT2D eigenvalue weighted by Crippen LogP contribution is -2.22. The van der Waals surface area contributed by atoms with Crippen molar-refractivity contribution in [1.29, 1.82) is 0 Å². The summed E-state index contributed by atoms with van der Waals surface area (Å²) in [7, 11) is 0. The summed E-state index contributed by atoms with van der Waals surface area (Å²) >= 11 is 0. The standard InChI is InChI=1S/C15H16N6O3/c1-10(8-20-9-16-15(19-20)21(23)24)17-18-14(22)13-7-12(13)11-5-3-2-4-6-11/h2-6,9,12-13H,7-8H2,1H3,(H,18,22)/b17-10-/t12-,13+/m0/s1. The molecule has 1 amide bonds. The number of hydrogen-bond donors (Lipinski definition) is 1. The van der Waals surface area contributed by atoms with Crippen LogP contribution < -0.4 is 5.43 Å². The van der Waals surface area contributed by atoms with E-state index in [1.54, 1.807) is 6.92 Å². The molecule has 1 aliphatic carbocycles. The number of benzene rings is 1. The van der Waals surface area contributed by atoms with Crippen molar-refractivity contribution in [3.8, 4) is 0 Å². The first-order valence-corrected chi connectivity index (χ1v) is 7.46. The second-order valence-corrected chi connectivity index (χ2v) is 5.68. The Labute approximate surface area is 137 Å². The van der Waals surface area contributed by atoms with E-state index >= 15 is 0 Å². The van der Waals surface area contributed by atoms with Gasteiger partial charge in [0.25, 0.3) is 0 Å². The quantitative estimate of drug-likeness (QED) is 0.490. The van der Waals surface area contributed by atoms with E-state index in [2.05, 4.69) is 20.6 Å². The van der Waals surface area contributed by atoms with Crippen LogP contribution in [-0.2, 0) is 11.3 Å². The van der Waals surface area contributed by atoms with Gasteiger partial charge >= 0.3 is 5.95 Å². The maximum absolute atomic E-state index is 12.1. The SMILES string of the molecule is C/C(Cn1cnc([N+](=O)[O-])n1)=N/NC(=O)[C@@H]1C[C@H]1c1ccccc1. The molecule has 2 aromatic rings. The molecule has 2 atom stereocenters. The maximum atomic E-state index is 12.1. The van der Waals surface area contributed by atoms with Crippen LogP contribution in [0.5, 0.6) is 0 Å². The van der Waals surface area contributed by atoms with E-state index in [-0.39, 0.29) is 24.3 Å². The lowest BCUT2D eigenvalue weighted by Gasteiger charge is -2.02. The Bertz CT molecular complexity index is 786. The van der Waals surface area contributed by atoms with Gasteiger partial charge in [-0.15, -0.1) is 0 Å². The third kappa shape index (κ3) is 3.62. The topological polar surface area (TPSA) is 115 Å². The molecule has 1 aromatic carbocycles. The van der Waals surface area contributed by atoms with Crippen molar-refractivity contribution < 1.29 is 9.72 Å². The summed E-state index contributed by atoms with van der Waals surface area (Å²) in [6.07, 6.45) is 2.07. The summed E-state index contributed by atoms with van der Waals surface area (Å²) in [5.41, 5.74) is 4.28. The van der Waals surface area contributed by atoms with E-state index in [1.165, 1.54) is 11.0 Å². The summed E-state index contributed by atoms with van der Waals surface area (Å²) in [4.78, 5) is 25.5. The monoisotopic (exact) mass is 328 g/mol. The summed E-state index contributed by atoms with van der Waals surface area (Å²) in [5.74, 6) is -0.389. The van der Waals surface area contributed by atoms with E-state index in [9.17, 15) is 14.9 Å². The minimum Gasteiger partial charge on any atom is -0.390 e. The van der Waals surface area contributed by atoms with Gasteiger partial charge in [-0.1, -0.05) is 35.3 Å². The average molecular weight is 328 g/mol. The molecule has 0 unspecified atom stereocenters. The van der Waals surface area contributed by atoms with Crippen LogP contribution in [0, 0.1) is 16.0 Å². The number of nitrogens with one attached hydrogen (secondary N) is 1.